The lowest BCUT2D eigenvalue weighted by Gasteiger charge is -2.07. The minimum Gasteiger partial charge on any atom is -0.497 e. The minimum absolute atomic E-state index is 0.231. The lowest BCUT2D eigenvalue weighted by atomic mass is 10.2. The summed E-state index contributed by atoms with van der Waals surface area (Å²) in [5.74, 6) is 0.942. The van der Waals surface area contributed by atoms with Crippen molar-refractivity contribution >= 4 is 17.9 Å². The van der Waals surface area contributed by atoms with Crippen molar-refractivity contribution in [3.05, 3.63) is 65.4 Å². The fourth-order valence-corrected chi connectivity index (χ4v) is 2.17. The lowest BCUT2D eigenvalue weighted by molar-refractivity contribution is -0.129. The van der Waals surface area contributed by atoms with E-state index in [0.717, 1.165) is 5.56 Å². The van der Waals surface area contributed by atoms with Crippen molar-refractivity contribution in [3.63, 3.8) is 0 Å². The molecule has 23 heavy (non-hydrogen) atoms. The number of nitrogens with zero attached hydrogens (tertiary/aromatic N) is 1. The fraction of sp³-hybridized carbons (Fsp3) is 0.111. The SMILES string of the molecule is COc1cc(OC)cc(C2=N/C(=C/c3ccccc3)C(=O)O2)c1. The van der Waals surface area contributed by atoms with E-state index in [9.17, 15) is 4.79 Å². The third-order valence-corrected chi connectivity index (χ3v) is 3.32. The van der Waals surface area contributed by atoms with E-state index in [0.29, 0.717) is 17.1 Å². The highest BCUT2D eigenvalue weighted by Crippen LogP contribution is 2.26. The molecule has 0 spiro atoms. The summed E-state index contributed by atoms with van der Waals surface area (Å²) < 4.78 is 15.7. The minimum atomic E-state index is -0.481. The molecule has 0 saturated carbocycles. The van der Waals surface area contributed by atoms with Crippen LogP contribution in [0.2, 0.25) is 0 Å². The number of carbonyl (C=O) groups is 1. The average molecular weight is 309 g/mol. The van der Waals surface area contributed by atoms with Crippen LogP contribution in [0.4, 0.5) is 0 Å². The highest BCUT2D eigenvalue weighted by Gasteiger charge is 2.25. The second-order valence-electron chi connectivity index (χ2n) is 4.85. The van der Waals surface area contributed by atoms with Crippen LogP contribution in [0.25, 0.3) is 6.08 Å². The van der Waals surface area contributed by atoms with Gasteiger partial charge in [0.25, 0.3) is 0 Å². The van der Waals surface area contributed by atoms with Crippen LogP contribution >= 0.6 is 0 Å². The van der Waals surface area contributed by atoms with Gasteiger partial charge in [0.15, 0.2) is 5.70 Å². The molecule has 5 nitrogen and oxygen atoms in total. The van der Waals surface area contributed by atoms with Gasteiger partial charge < -0.3 is 14.2 Å². The number of ether oxygens (including phenoxy) is 3. The number of aliphatic imine (C=N–C) groups is 1. The normalized spacial score (nSPS) is 15.3. The van der Waals surface area contributed by atoms with Gasteiger partial charge in [0, 0.05) is 11.6 Å². The monoisotopic (exact) mass is 309 g/mol. The van der Waals surface area contributed by atoms with Crippen LogP contribution in [0.5, 0.6) is 11.5 Å². The van der Waals surface area contributed by atoms with Crippen LogP contribution in [0, 0.1) is 0 Å². The first-order valence-electron chi connectivity index (χ1n) is 7.00. The van der Waals surface area contributed by atoms with Gasteiger partial charge in [0.1, 0.15) is 11.5 Å². The number of rotatable bonds is 4. The zero-order chi connectivity index (χ0) is 16.2. The van der Waals surface area contributed by atoms with Crippen molar-refractivity contribution in [1.82, 2.24) is 0 Å². The summed E-state index contributed by atoms with van der Waals surface area (Å²) >= 11 is 0. The second-order valence-corrected chi connectivity index (χ2v) is 4.85. The molecular formula is C18H15NO4. The van der Waals surface area contributed by atoms with Crippen molar-refractivity contribution < 1.29 is 19.0 Å². The Morgan fingerprint density at radius 2 is 1.65 bits per heavy atom. The smallest absolute Gasteiger partial charge is 0.363 e. The van der Waals surface area contributed by atoms with Gasteiger partial charge in [-0.25, -0.2) is 9.79 Å². The largest absolute Gasteiger partial charge is 0.497 e. The van der Waals surface area contributed by atoms with Crippen molar-refractivity contribution in [3.8, 4) is 11.5 Å². The number of hydrogen-bond donors (Lipinski definition) is 0. The summed E-state index contributed by atoms with van der Waals surface area (Å²) in [5, 5.41) is 0. The quantitative estimate of drug-likeness (QED) is 0.643. The Morgan fingerprint density at radius 3 is 2.26 bits per heavy atom. The van der Waals surface area contributed by atoms with Gasteiger partial charge in [-0.05, 0) is 23.8 Å². The van der Waals surface area contributed by atoms with E-state index in [2.05, 4.69) is 4.99 Å². The zero-order valence-electron chi connectivity index (χ0n) is 12.8. The van der Waals surface area contributed by atoms with Crippen LogP contribution in [-0.4, -0.2) is 26.1 Å². The molecule has 0 amide bonds. The van der Waals surface area contributed by atoms with E-state index >= 15 is 0 Å². The topological polar surface area (TPSA) is 57.1 Å². The van der Waals surface area contributed by atoms with Crippen LogP contribution in [0.15, 0.2) is 59.2 Å². The number of cyclic esters (lactones) is 1. The van der Waals surface area contributed by atoms with Gasteiger partial charge in [0.05, 0.1) is 14.2 Å². The Labute approximate surface area is 133 Å². The first-order chi connectivity index (χ1) is 11.2. The molecule has 0 atom stereocenters. The molecule has 1 heterocycles. The van der Waals surface area contributed by atoms with E-state index in [1.54, 1.807) is 38.5 Å². The maximum Gasteiger partial charge on any atom is 0.363 e. The third-order valence-electron chi connectivity index (χ3n) is 3.32. The van der Waals surface area contributed by atoms with Crippen LogP contribution < -0.4 is 9.47 Å². The summed E-state index contributed by atoms with van der Waals surface area (Å²) in [7, 11) is 3.11. The maximum absolute atomic E-state index is 12.0. The molecule has 0 fully saturated rings. The summed E-state index contributed by atoms with van der Waals surface area (Å²) in [6.45, 7) is 0. The molecule has 2 aromatic rings. The summed E-state index contributed by atoms with van der Waals surface area (Å²) in [6, 6.07) is 14.7. The van der Waals surface area contributed by atoms with E-state index in [1.807, 2.05) is 30.3 Å². The number of esters is 1. The Balaban J connectivity index is 1.97. The molecule has 2 aromatic carbocycles. The highest BCUT2D eigenvalue weighted by atomic mass is 16.6. The lowest BCUT2D eigenvalue weighted by Crippen LogP contribution is -2.06. The Kier molecular flexibility index (Phi) is 4.10. The molecule has 0 radical (unpaired) electrons. The first kappa shape index (κ1) is 14.8. The molecular weight excluding hydrogens is 294 g/mol. The number of benzene rings is 2. The molecule has 0 aliphatic carbocycles. The van der Waals surface area contributed by atoms with Gasteiger partial charge in [0.2, 0.25) is 5.90 Å². The van der Waals surface area contributed by atoms with Gasteiger partial charge in [-0.1, -0.05) is 30.3 Å². The molecule has 116 valence electrons. The van der Waals surface area contributed by atoms with Gasteiger partial charge in [-0.2, -0.15) is 0 Å². The summed E-state index contributed by atoms with van der Waals surface area (Å²) in [4.78, 5) is 16.3. The van der Waals surface area contributed by atoms with Gasteiger partial charge >= 0.3 is 5.97 Å². The fourth-order valence-electron chi connectivity index (χ4n) is 2.17. The molecule has 0 aromatic heterocycles. The summed E-state index contributed by atoms with van der Waals surface area (Å²) in [6.07, 6.45) is 1.69. The molecule has 5 heteroatoms. The van der Waals surface area contributed by atoms with Crippen molar-refractivity contribution in [2.45, 2.75) is 0 Å². The number of methoxy groups -OCH3 is 2. The first-order valence-corrected chi connectivity index (χ1v) is 7.00. The van der Waals surface area contributed by atoms with E-state index in [4.69, 9.17) is 14.2 Å². The third kappa shape index (κ3) is 3.23. The number of carbonyl (C=O) groups excluding carboxylic acids is 1. The van der Waals surface area contributed by atoms with Gasteiger partial charge in [-0.15, -0.1) is 0 Å². The Hall–Kier alpha value is -3.08. The summed E-state index contributed by atoms with van der Waals surface area (Å²) in [5.41, 5.74) is 1.76. The molecule has 0 bridgehead atoms. The molecule has 0 N–H and O–H groups in total. The second kappa shape index (κ2) is 6.36. The van der Waals surface area contributed by atoms with Crippen LogP contribution in [0.3, 0.4) is 0 Å². The molecule has 1 aliphatic rings. The average Bonchev–Trinajstić information content (AvgIpc) is 2.96. The van der Waals surface area contributed by atoms with Crippen molar-refractivity contribution in [2.24, 2.45) is 4.99 Å². The molecule has 0 unspecified atom stereocenters. The van der Waals surface area contributed by atoms with E-state index < -0.39 is 5.97 Å². The standard InChI is InChI=1S/C18H15NO4/c1-21-14-9-13(10-15(11-14)22-2)17-19-16(18(20)23-17)8-12-6-4-3-5-7-12/h3-11H,1-2H3/b16-8+. The zero-order valence-corrected chi connectivity index (χ0v) is 12.8. The predicted molar refractivity (Wildman–Crippen MR) is 86.6 cm³/mol. The van der Waals surface area contributed by atoms with Crippen molar-refractivity contribution in [1.29, 1.82) is 0 Å². The highest BCUT2D eigenvalue weighted by molar-refractivity contribution is 6.13. The van der Waals surface area contributed by atoms with E-state index in [-0.39, 0.29) is 11.6 Å². The van der Waals surface area contributed by atoms with E-state index in [1.165, 1.54) is 0 Å². The molecule has 3 rings (SSSR count). The number of hydrogen-bond acceptors (Lipinski definition) is 5. The predicted octanol–water partition coefficient (Wildman–Crippen LogP) is 3.05. The van der Waals surface area contributed by atoms with Crippen molar-refractivity contribution in [2.75, 3.05) is 14.2 Å². The Morgan fingerprint density at radius 1 is 1.00 bits per heavy atom. The van der Waals surface area contributed by atoms with Gasteiger partial charge in [-0.3, -0.25) is 0 Å². The Bertz CT molecular complexity index is 772. The van der Waals surface area contributed by atoms with Crippen LogP contribution in [-0.2, 0) is 9.53 Å². The molecule has 1 aliphatic heterocycles. The molecule has 0 saturated heterocycles. The van der Waals surface area contributed by atoms with Crippen LogP contribution in [0.1, 0.15) is 11.1 Å². The maximum atomic E-state index is 12.0.